The second-order valence-electron chi connectivity index (χ2n) is 6.14. The molecule has 0 heterocycles. The summed E-state index contributed by atoms with van der Waals surface area (Å²) in [5.74, 6) is -0.650. The number of halogens is 2. The number of hydrogen-bond acceptors (Lipinski definition) is 3. The van der Waals surface area contributed by atoms with Gasteiger partial charge in [-0.1, -0.05) is 47.5 Å². The number of rotatable bonds is 7. The van der Waals surface area contributed by atoms with Gasteiger partial charge in [-0.05, 0) is 43.4 Å². The zero-order chi connectivity index (χ0) is 19.1. The van der Waals surface area contributed by atoms with Crippen LogP contribution < -0.4 is 10.6 Å². The van der Waals surface area contributed by atoms with Crippen LogP contribution in [0.15, 0.2) is 42.5 Å². The molecule has 0 aliphatic rings. The van der Waals surface area contributed by atoms with E-state index in [-0.39, 0.29) is 18.4 Å². The molecule has 0 unspecified atom stereocenters. The van der Waals surface area contributed by atoms with Crippen molar-refractivity contribution in [2.24, 2.45) is 0 Å². The smallest absolute Gasteiger partial charge is 0.251 e. The first-order valence-corrected chi connectivity index (χ1v) is 8.83. The van der Waals surface area contributed by atoms with Gasteiger partial charge in [0.25, 0.3) is 5.91 Å². The van der Waals surface area contributed by atoms with Crippen LogP contribution in [-0.2, 0) is 17.9 Å². The average Bonchev–Trinajstić information content (AvgIpc) is 2.61. The number of amides is 2. The van der Waals surface area contributed by atoms with Gasteiger partial charge in [-0.3, -0.25) is 9.59 Å². The summed E-state index contributed by atoms with van der Waals surface area (Å²) in [6.45, 7) is 1.16. The molecule has 2 aromatic rings. The summed E-state index contributed by atoms with van der Waals surface area (Å²) in [5.41, 5.74) is 2.55. The van der Waals surface area contributed by atoms with Gasteiger partial charge in [0.1, 0.15) is 0 Å². The summed E-state index contributed by atoms with van der Waals surface area (Å²) in [4.78, 5) is 26.0. The zero-order valence-electron chi connectivity index (χ0n) is 14.7. The van der Waals surface area contributed by atoms with Gasteiger partial charge in [0.15, 0.2) is 0 Å². The quantitative estimate of drug-likeness (QED) is 0.759. The van der Waals surface area contributed by atoms with Gasteiger partial charge in [0, 0.05) is 18.7 Å². The van der Waals surface area contributed by atoms with Gasteiger partial charge < -0.3 is 15.5 Å². The highest BCUT2D eigenvalue weighted by molar-refractivity contribution is 6.42. The summed E-state index contributed by atoms with van der Waals surface area (Å²) < 4.78 is 0. The fourth-order valence-electron chi connectivity index (χ4n) is 2.29. The Labute approximate surface area is 163 Å². The van der Waals surface area contributed by atoms with Gasteiger partial charge >= 0.3 is 0 Å². The molecule has 2 N–H and O–H groups in total. The van der Waals surface area contributed by atoms with E-state index in [9.17, 15) is 9.59 Å². The van der Waals surface area contributed by atoms with Crippen LogP contribution >= 0.6 is 23.2 Å². The van der Waals surface area contributed by atoms with Crippen LogP contribution in [0.25, 0.3) is 0 Å². The molecule has 0 atom stereocenters. The van der Waals surface area contributed by atoms with Crippen molar-refractivity contribution in [3.8, 4) is 0 Å². The minimum absolute atomic E-state index is 0.113. The normalized spacial score (nSPS) is 10.7. The highest BCUT2D eigenvalue weighted by Gasteiger charge is 2.10. The van der Waals surface area contributed by atoms with Gasteiger partial charge in [0.05, 0.1) is 16.6 Å². The first-order valence-electron chi connectivity index (χ1n) is 8.07. The van der Waals surface area contributed by atoms with Crippen LogP contribution in [0.2, 0.25) is 10.0 Å². The van der Waals surface area contributed by atoms with Gasteiger partial charge in [-0.15, -0.1) is 0 Å². The molecule has 0 aromatic heterocycles. The first kappa shape index (κ1) is 20.2. The maximum atomic E-state index is 12.0. The van der Waals surface area contributed by atoms with Crippen LogP contribution in [0.5, 0.6) is 0 Å². The third-order valence-corrected chi connectivity index (χ3v) is 4.34. The van der Waals surface area contributed by atoms with Crippen molar-refractivity contribution in [3.05, 3.63) is 69.2 Å². The molecule has 0 saturated carbocycles. The molecule has 26 heavy (non-hydrogen) atoms. The van der Waals surface area contributed by atoms with E-state index in [1.807, 2.05) is 38.4 Å². The van der Waals surface area contributed by atoms with Crippen LogP contribution in [0.1, 0.15) is 21.5 Å². The lowest BCUT2D eigenvalue weighted by Crippen LogP contribution is -2.36. The molecular formula is C19H21Cl2N3O2. The van der Waals surface area contributed by atoms with Crippen LogP contribution in [0, 0.1) is 0 Å². The monoisotopic (exact) mass is 393 g/mol. The van der Waals surface area contributed by atoms with Crippen molar-refractivity contribution in [1.82, 2.24) is 15.5 Å². The van der Waals surface area contributed by atoms with E-state index in [2.05, 4.69) is 15.5 Å². The van der Waals surface area contributed by atoms with E-state index in [0.29, 0.717) is 22.2 Å². The molecule has 138 valence electrons. The fourth-order valence-corrected chi connectivity index (χ4v) is 2.59. The maximum Gasteiger partial charge on any atom is 0.251 e. The van der Waals surface area contributed by atoms with Gasteiger partial charge in [0.2, 0.25) is 5.91 Å². The standard InChI is InChI=1S/C19H21Cl2N3O2/c1-24(2)12-14-5-3-13(4-6-14)10-22-18(25)11-23-19(26)15-7-8-16(20)17(21)9-15/h3-9H,10-12H2,1-2H3,(H,22,25)(H,23,26). The Balaban J connectivity index is 1.78. The Morgan fingerprint density at radius 3 is 2.19 bits per heavy atom. The van der Waals surface area contributed by atoms with Crippen LogP contribution in [0.3, 0.4) is 0 Å². The van der Waals surface area contributed by atoms with Crippen molar-refractivity contribution in [2.75, 3.05) is 20.6 Å². The van der Waals surface area contributed by atoms with E-state index in [1.54, 1.807) is 12.1 Å². The van der Waals surface area contributed by atoms with E-state index in [4.69, 9.17) is 23.2 Å². The molecule has 7 heteroatoms. The fraction of sp³-hybridized carbons (Fsp3) is 0.263. The minimum atomic E-state index is -0.383. The molecule has 0 aliphatic heterocycles. The number of carbonyl (C=O) groups excluding carboxylic acids is 2. The summed E-state index contributed by atoms with van der Waals surface area (Å²) in [7, 11) is 4.03. The predicted molar refractivity (Wildman–Crippen MR) is 104 cm³/mol. The molecule has 5 nitrogen and oxygen atoms in total. The first-order chi connectivity index (χ1) is 12.3. The van der Waals surface area contributed by atoms with E-state index in [0.717, 1.165) is 12.1 Å². The molecule has 0 spiro atoms. The second-order valence-corrected chi connectivity index (χ2v) is 6.96. The third-order valence-electron chi connectivity index (χ3n) is 3.60. The summed E-state index contributed by atoms with van der Waals surface area (Å²) in [6.07, 6.45) is 0. The summed E-state index contributed by atoms with van der Waals surface area (Å²) in [6, 6.07) is 12.6. The number of nitrogens with zero attached hydrogens (tertiary/aromatic N) is 1. The molecule has 0 saturated heterocycles. The Morgan fingerprint density at radius 1 is 0.923 bits per heavy atom. The largest absolute Gasteiger partial charge is 0.350 e. The lowest BCUT2D eigenvalue weighted by molar-refractivity contribution is -0.120. The van der Waals surface area contributed by atoms with Crippen molar-refractivity contribution in [3.63, 3.8) is 0 Å². The molecule has 0 bridgehead atoms. The third kappa shape index (κ3) is 6.33. The van der Waals surface area contributed by atoms with E-state index in [1.165, 1.54) is 11.6 Å². The number of carbonyl (C=O) groups is 2. The van der Waals surface area contributed by atoms with E-state index >= 15 is 0 Å². The number of nitrogens with one attached hydrogen (secondary N) is 2. The van der Waals surface area contributed by atoms with E-state index < -0.39 is 0 Å². The Hall–Kier alpha value is -2.08. The minimum Gasteiger partial charge on any atom is -0.350 e. The van der Waals surface area contributed by atoms with Gasteiger partial charge in [-0.2, -0.15) is 0 Å². The lowest BCUT2D eigenvalue weighted by Gasteiger charge is -2.11. The zero-order valence-corrected chi connectivity index (χ0v) is 16.2. The average molecular weight is 394 g/mol. The van der Waals surface area contributed by atoms with Crippen molar-refractivity contribution in [2.45, 2.75) is 13.1 Å². The predicted octanol–water partition coefficient (Wildman–Crippen LogP) is 3.10. The topological polar surface area (TPSA) is 61.4 Å². The number of benzene rings is 2. The molecule has 2 rings (SSSR count). The summed E-state index contributed by atoms with van der Waals surface area (Å²) in [5, 5.41) is 6.00. The van der Waals surface area contributed by atoms with Crippen LogP contribution in [-0.4, -0.2) is 37.4 Å². The maximum absolute atomic E-state index is 12.0. The second kappa shape index (κ2) is 9.57. The molecule has 0 radical (unpaired) electrons. The highest BCUT2D eigenvalue weighted by atomic mass is 35.5. The van der Waals surface area contributed by atoms with Crippen molar-refractivity contribution < 1.29 is 9.59 Å². The SMILES string of the molecule is CN(C)Cc1ccc(CNC(=O)CNC(=O)c2ccc(Cl)c(Cl)c2)cc1. The highest BCUT2D eigenvalue weighted by Crippen LogP contribution is 2.22. The van der Waals surface area contributed by atoms with Crippen LogP contribution in [0.4, 0.5) is 0 Å². The molecule has 0 fully saturated rings. The number of hydrogen-bond donors (Lipinski definition) is 2. The lowest BCUT2D eigenvalue weighted by atomic mass is 10.1. The Bertz CT molecular complexity index is 777. The Morgan fingerprint density at radius 2 is 1.58 bits per heavy atom. The van der Waals surface area contributed by atoms with Crippen molar-refractivity contribution >= 4 is 35.0 Å². The van der Waals surface area contributed by atoms with Gasteiger partial charge in [-0.25, -0.2) is 0 Å². The molecule has 2 aromatic carbocycles. The molecular weight excluding hydrogens is 373 g/mol. The Kier molecular flexibility index (Phi) is 7.45. The molecule has 2 amide bonds. The summed E-state index contributed by atoms with van der Waals surface area (Å²) >= 11 is 11.7. The molecule has 0 aliphatic carbocycles. The van der Waals surface area contributed by atoms with Crippen molar-refractivity contribution in [1.29, 1.82) is 0 Å².